The van der Waals surface area contributed by atoms with Gasteiger partial charge in [0.2, 0.25) is 11.2 Å². The standard InChI is InChI=1S/C9H12Cl2N4O/c1-3-4-16-9-14-7(11)13-8(15-9)12-5-6(2)10/h2-5H2,1H3,(H,12,13,14,15). The van der Waals surface area contributed by atoms with Crippen LogP contribution in [0, 0.1) is 0 Å². The van der Waals surface area contributed by atoms with Crippen molar-refractivity contribution in [1.29, 1.82) is 0 Å². The average Bonchev–Trinajstić information content (AvgIpc) is 2.23. The van der Waals surface area contributed by atoms with Crippen LogP contribution in [0.1, 0.15) is 13.3 Å². The number of nitrogens with one attached hydrogen (secondary N) is 1. The zero-order valence-corrected chi connectivity index (χ0v) is 10.3. The number of hydrogen-bond acceptors (Lipinski definition) is 5. The van der Waals surface area contributed by atoms with Crippen LogP contribution in [0.25, 0.3) is 0 Å². The second-order valence-electron chi connectivity index (χ2n) is 2.93. The van der Waals surface area contributed by atoms with E-state index in [0.717, 1.165) is 6.42 Å². The third-order valence-corrected chi connectivity index (χ3v) is 1.76. The van der Waals surface area contributed by atoms with Gasteiger partial charge in [0.15, 0.2) is 0 Å². The van der Waals surface area contributed by atoms with Crippen LogP contribution in [-0.2, 0) is 0 Å². The molecule has 16 heavy (non-hydrogen) atoms. The molecule has 0 spiro atoms. The first-order valence-corrected chi connectivity index (χ1v) is 5.49. The number of halogens is 2. The summed E-state index contributed by atoms with van der Waals surface area (Å²) in [6.07, 6.45) is 0.866. The Balaban J connectivity index is 2.69. The zero-order chi connectivity index (χ0) is 12.0. The van der Waals surface area contributed by atoms with Gasteiger partial charge in [-0.1, -0.05) is 25.1 Å². The molecule has 0 bridgehead atoms. The van der Waals surface area contributed by atoms with E-state index >= 15 is 0 Å². The molecule has 0 radical (unpaired) electrons. The lowest BCUT2D eigenvalue weighted by Gasteiger charge is -2.06. The van der Waals surface area contributed by atoms with Crippen LogP contribution in [0.4, 0.5) is 5.95 Å². The lowest BCUT2D eigenvalue weighted by molar-refractivity contribution is 0.291. The average molecular weight is 263 g/mol. The topological polar surface area (TPSA) is 59.9 Å². The van der Waals surface area contributed by atoms with Crippen molar-refractivity contribution in [3.63, 3.8) is 0 Å². The van der Waals surface area contributed by atoms with E-state index in [1.54, 1.807) is 0 Å². The molecule has 0 fully saturated rings. The van der Waals surface area contributed by atoms with E-state index < -0.39 is 0 Å². The normalized spacial score (nSPS) is 9.94. The quantitative estimate of drug-likeness (QED) is 0.854. The van der Waals surface area contributed by atoms with Crippen molar-refractivity contribution in [2.45, 2.75) is 13.3 Å². The maximum atomic E-state index is 5.71. The monoisotopic (exact) mass is 262 g/mol. The van der Waals surface area contributed by atoms with Gasteiger partial charge in [-0.25, -0.2) is 0 Å². The molecule has 0 aliphatic heterocycles. The van der Waals surface area contributed by atoms with Gasteiger partial charge < -0.3 is 10.1 Å². The van der Waals surface area contributed by atoms with Crippen molar-refractivity contribution in [1.82, 2.24) is 15.0 Å². The number of aromatic nitrogens is 3. The fourth-order valence-corrected chi connectivity index (χ4v) is 1.06. The molecule has 0 saturated carbocycles. The predicted molar refractivity (Wildman–Crippen MR) is 64.1 cm³/mol. The summed E-state index contributed by atoms with van der Waals surface area (Å²) in [5.41, 5.74) is 0. The third kappa shape index (κ3) is 4.63. The van der Waals surface area contributed by atoms with Crippen LogP contribution in [0.3, 0.4) is 0 Å². The predicted octanol–water partition coefficient (Wildman–Crippen LogP) is 2.48. The summed E-state index contributed by atoms with van der Waals surface area (Å²) in [6, 6.07) is 0.199. The lowest BCUT2D eigenvalue weighted by Crippen LogP contribution is -2.08. The van der Waals surface area contributed by atoms with Crippen molar-refractivity contribution >= 4 is 29.2 Å². The molecular weight excluding hydrogens is 251 g/mol. The summed E-state index contributed by atoms with van der Waals surface area (Å²) in [6.45, 7) is 6.40. The van der Waals surface area contributed by atoms with Gasteiger partial charge in [-0.05, 0) is 18.0 Å². The SMILES string of the molecule is C=C(Cl)CNc1nc(Cl)nc(OCCC)n1. The Bertz CT molecular complexity index is 373. The van der Waals surface area contributed by atoms with E-state index in [-0.39, 0.29) is 11.3 Å². The van der Waals surface area contributed by atoms with Gasteiger partial charge in [-0.3, -0.25) is 0 Å². The first-order chi connectivity index (χ1) is 7.61. The highest BCUT2D eigenvalue weighted by molar-refractivity contribution is 6.29. The van der Waals surface area contributed by atoms with E-state index in [4.69, 9.17) is 27.9 Å². The van der Waals surface area contributed by atoms with Crippen LogP contribution in [-0.4, -0.2) is 28.1 Å². The second-order valence-corrected chi connectivity index (χ2v) is 3.80. The maximum absolute atomic E-state index is 5.71. The van der Waals surface area contributed by atoms with Crippen molar-refractivity contribution < 1.29 is 4.74 Å². The van der Waals surface area contributed by atoms with Crippen LogP contribution in [0.15, 0.2) is 11.6 Å². The Kier molecular flexibility index (Phi) is 5.28. The van der Waals surface area contributed by atoms with E-state index in [9.17, 15) is 0 Å². The Morgan fingerprint density at radius 2 is 2.19 bits per heavy atom. The fraction of sp³-hybridized carbons (Fsp3) is 0.444. The van der Waals surface area contributed by atoms with E-state index in [1.807, 2.05) is 6.92 Å². The number of nitrogens with zero attached hydrogens (tertiary/aromatic N) is 3. The molecule has 1 heterocycles. The highest BCUT2D eigenvalue weighted by atomic mass is 35.5. The molecular formula is C9H12Cl2N4O. The maximum Gasteiger partial charge on any atom is 0.322 e. The Morgan fingerprint density at radius 1 is 1.44 bits per heavy atom. The second kappa shape index (κ2) is 6.50. The molecule has 0 saturated heterocycles. The first kappa shape index (κ1) is 13.0. The van der Waals surface area contributed by atoms with Crippen LogP contribution in [0.2, 0.25) is 5.28 Å². The number of hydrogen-bond donors (Lipinski definition) is 1. The summed E-state index contributed by atoms with van der Waals surface area (Å²) >= 11 is 11.3. The minimum Gasteiger partial charge on any atom is -0.463 e. The van der Waals surface area contributed by atoms with E-state index in [2.05, 4.69) is 26.8 Å². The molecule has 1 aromatic rings. The molecule has 0 amide bonds. The Hall–Kier alpha value is -1.07. The van der Waals surface area contributed by atoms with Gasteiger partial charge in [0.25, 0.3) is 0 Å². The Labute approximate surface area is 104 Å². The summed E-state index contributed by atoms with van der Waals surface area (Å²) in [7, 11) is 0. The van der Waals surface area contributed by atoms with Crippen LogP contribution in [0.5, 0.6) is 6.01 Å². The number of rotatable bonds is 6. The molecule has 88 valence electrons. The highest BCUT2D eigenvalue weighted by Crippen LogP contribution is 2.12. The van der Waals surface area contributed by atoms with Gasteiger partial charge in [0.1, 0.15) is 0 Å². The highest BCUT2D eigenvalue weighted by Gasteiger charge is 2.05. The van der Waals surface area contributed by atoms with Gasteiger partial charge in [0, 0.05) is 5.03 Å². The molecule has 1 N–H and O–H groups in total. The fourth-order valence-electron chi connectivity index (χ4n) is 0.844. The molecule has 1 rings (SSSR count). The van der Waals surface area contributed by atoms with E-state index in [0.29, 0.717) is 24.1 Å². The van der Waals surface area contributed by atoms with Gasteiger partial charge >= 0.3 is 6.01 Å². The minimum absolute atomic E-state index is 0.0730. The van der Waals surface area contributed by atoms with Crippen LogP contribution >= 0.6 is 23.2 Å². The van der Waals surface area contributed by atoms with Crippen molar-refractivity contribution in [2.75, 3.05) is 18.5 Å². The minimum atomic E-state index is 0.0730. The van der Waals surface area contributed by atoms with Crippen LogP contribution < -0.4 is 10.1 Å². The molecule has 0 unspecified atom stereocenters. The number of ether oxygens (including phenoxy) is 1. The summed E-state index contributed by atoms with van der Waals surface area (Å²) in [5.74, 6) is 0.313. The molecule has 1 aromatic heterocycles. The van der Waals surface area contributed by atoms with Gasteiger partial charge in [-0.2, -0.15) is 15.0 Å². The zero-order valence-electron chi connectivity index (χ0n) is 8.83. The molecule has 0 aliphatic rings. The van der Waals surface area contributed by atoms with Crippen molar-refractivity contribution in [3.8, 4) is 6.01 Å². The lowest BCUT2D eigenvalue weighted by atomic mass is 10.5. The Morgan fingerprint density at radius 3 is 2.81 bits per heavy atom. The van der Waals surface area contributed by atoms with Crippen molar-refractivity contribution in [2.24, 2.45) is 0 Å². The first-order valence-electron chi connectivity index (χ1n) is 4.73. The molecule has 0 aliphatic carbocycles. The molecule has 7 heteroatoms. The summed E-state index contributed by atoms with van der Waals surface area (Å²) < 4.78 is 5.24. The molecule has 0 aromatic carbocycles. The third-order valence-electron chi connectivity index (χ3n) is 1.46. The van der Waals surface area contributed by atoms with Crippen molar-refractivity contribution in [3.05, 3.63) is 16.9 Å². The van der Waals surface area contributed by atoms with Gasteiger partial charge in [0.05, 0.1) is 13.2 Å². The summed E-state index contributed by atoms with van der Waals surface area (Å²) in [4.78, 5) is 11.7. The molecule has 5 nitrogen and oxygen atoms in total. The van der Waals surface area contributed by atoms with E-state index in [1.165, 1.54) is 0 Å². The number of anilines is 1. The largest absolute Gasteiger partial charge is 0.463 e. The molecule has 0 atom stereocenters. The van der Waals surface area contributed by atoms with Gasteiger partial charge in [-0.15, -0.1) is 0 Å². The smallest absolute Gasteiger partial charge is 0.322 e. The summed E-state index contributed by atoms with van der Waals surface area (Å²) in [5, 5.41) is 3.37.